The van der Waals surface area contributed by atoms with Crippen molar-refractivity contribution in [2.75, 3.05) is 0 Å². The second kappa shape index (κ2) is 4.65. The van der Waals surface area contributed by atoms with Gasteiger partial charge in [-0.2, -0.15) is 0 Å². The molecule has 0 saturated heterocycles. The van der Waals surface area contributed by atoms with Gasteiger partial charge in [0.05, 0.1) is 0 Å². The Kier molecular flexibility index (Phi) is 3.50. The molecule has 0 aromatic heterocycles. The van der Waals surface area contributed by atoms with E-state index in [1.165, 1.54) is 0 Å². The van der Waals surface area contributed by atoms with Gasteiger partial charge in [-0.3, -0.25) is 0 Å². The molecule has 0 bridgehead atoms. The van der Waals surface area contributed by atoms with Crippen molar-refractivity contribution >= 4 is 0 Å². The summed E-state index contributed by atoms with van der Waals surface area (Å²) in [6.07, 6.45) is 3.69. The normalized spacial score (nSPS) is 10.7. The summed E-state index contributed by atoms with van der Waals surface area (Å²) < 4.78 is 13.4. The zero-order valence-electron chi connectivity index (χ0n) is 7.97. The summed E-state index contributed by atoms with van der Waals surface area (Å²) in [5.74, 6) is -0.112. The van der Waals surface area contributed by atoms with E-state index < -0.39 is 0 Å². The van der Waals surface area contributed by atoms with E-state index in [2.05, 4.69) is 5.32 Å². The van der Waals surface area contributed by atoms with Crippen LogP contribution < -0.4 is 5.32 Å². The molecule has 1 rings (SSSR count). The van der Waals surface area contributed by atoms with Crippen molar-refractivity contribution in [1.82, 2.24) is 5.32 Å². The Hall–Kier alpha value is -1.31. The standard InChI is InChI=1S/C11H14FN/c1-3-7-13-8-10-6-4-5-9(2)11(10)12/h3-7,13H,8H2,1-2H3/b7-3-. The third-order valence-corrected chi connectivity index (χ3v) is 1.85. The number of hydrogen-bond acceptors (Lipinski definition) is 1. The van der Waals surface area contributed by atoms with Crippen molar-refractivity contribution in [3.63, 3.8) is 0 Å². The summed E-state index contributed by atoms with van der Waals surface area (Å²) in [5.41, 5.74) is 1.40. The minimum Gasteiger partial charge on any atom is -0.387 e. The zero-order valence-corrected chi connectivity index (χ0v) is 7.97. The molecule has 0 amide bonds. The molecule has 0 spiro atoms. The van der Waals surface area contributed by atoms with Crippen LogP contribution in [0.3, 0.4) is 0 Å². The fourth-order valence-corrected chi connectivity index (χ4v) is 1.13. The first-order chi connectivity index (χ1) is 6.25. The first-order valence-electron chi connectivity index (χ1n) is 4.34. The van der Waals surface area contributed by atoms with E-state index in [0.29, 0.717) is 17.7 Å². The molecule has 2 heteroatoms. The van der Waals surface area contributed by atoms with Crippen molar-refractivity contribution < 1.29 is 4.39 Å². The smallest absolute Gasteiger partial charge is 0.131 e. The van der Waals surface area contributed by atoms with E-state index in [-0.39, 0.29) is 5.82 Å². The lowest BCUT2D eigenvalue weighted by atomic mass is 10.1. The summed E-state index contributed by atoms with van der Waals surface area (Å²) in [4.78, 5) is 0. The highest BCUT2D eigenvalue weighted by molar-refractivity contribution is 5.24. The molecule has 0 aliphatic carbocycles. The van der Waals surface area contributed by atoms with Gasteiger partial charge in [0.2, 0.25) is 0 Å². The maximum atomic E-state index is 13.4. The molecular formula is C11H14FN. The third kappa shape index (κ3) is 2.58. The number of rotatable bonds is 3. The lowest BCUT2D eigenvalue weighted by molar-refractivity contribution is 0.595. The Labute approximate surface area is 78.3 Å². The van der Waals surface area contributed by atoms with Crippen LogP contribution in [0.1, 0.15) is 18.1 Å². The van der Waals surface area contributed by atoms with Crippen molar-refractivity contribution in [3.8, 4) is 0 Å². The molecule has 13 heavy (non-hydrogen) atoms. The second-order valence-electron chi connectivity index (χ2n) is 2.93. The molecule has 0 aliphatic rings. The maximum Gasteiger partial charge on any atom is 0.131 e. The van der Waals surface area contributed by atoms with Gasteiger partial charge >= 0.3 is 0 Å². The fourth-order valence-electron chi connectivity index (χ4n) is 1.13. The number of hydrogen-bond donors (Lipinski definition) is 1. The van der Waals surface area contributed by atoms with Crippen molar-refractivity contribution in [2.24, 2.45) is 0 Å². The Bertz CT molecular complexity index is 305. The Morgan fingerprint density at radius 3 is 2.92 bits per heavy atom. The van der Waals surface area contributed by atoms with Gasteiger partial charge in [-0.15, -0.1) is 0 Å². The van der Waals surface area contributed by atoms with Gasteiger partial charge in [-0.25, -0.2) is 4.39 Å². The van der Waals surface area contributed by atoms with Crippen LogP contribution in [0.2, 0.25) is 0 Å². The van der Waals surface area contributed by atoms with E-state index in [4.69, 9.17) is 0 Å². The quantitative estimate of drug-likeness (QED) is 0.752. The van der Waals surface area contributed by atoms with Crippen molar-refractivity contribution in [3.05, 3.63) is 47.4 Å². The number of benzene rings is 1. The molecule has 0 saturated carbocycles. The summed E-state index contributed by atoms with van der Waals surface area (Å²) >= 11 is 0. The highest BCUT2D eigenvalue weighted by atomic mass is 19.1. The predicted octanol–water partition coefficient (Wildman–Crippen LogP) is 2.76. The summed E-state index contributed by atoms with van der Waals surface area (Å²) in [6.45, 7) is 4.23. The van der Waals surface area contributed by atoms with E-state index in [1.54, 1.807) is 19.1 Å². The summed E-state index contributed by atoms with van der Waals surface area (Å²) in [7, 11) is 0. The van der Waals surface area contributed by atoms with E-state index in [1.807, 2.05) is 25.3 Å². The number of aryl methyl sites for hydroxylation is 1. The highest BCUT2D eigenvalue weighted by Gasteiger charge is 2.02. The minimum absolute atomic E-state index is 0.112. The van der Waals surface area contributed by atoms with Gasteiger partial charge in [-0.05, 0) is 25.6 Å². The fraction of sp³-hybridized carbons (Fsp3) is 0.273. The van der Waals surface area contributed by atoms with Gasteiger partial charge in [0.1, 0.15) is 5.82 Å². The molecular weight excluding hydrogens is 165 g/mol. The molecule has 0 atom stereocenters. The zero-order chi connectivity index (χ0) is 9.68. The molecule has 0 radical (unpaired) electrons. The van der Waals surface area contributed by atoms with Crippen molar-refractivity contribution in [1.29, 1.82) is 0 Å². The van der Waals surface area contributed by atoms with Gasteiger partial charge in [0.15, 0.2) is 0 Å². The number of allylic oxidation sites excluding steroid dienone is 1. The molecule has 1 aromatic rings. The monoisotopic (exact) mass is 179 g/mol. The number of nitrogens with one attached hydrogen (secondary N) is 1. The molecule has 1 N–H and O–H groups in total. The summed E-state index contributed by atoms with van der Waals surface area (Å²) in [5, 5.41) is 3.00. The molecule has 1 aromatic carbocycles. The molecule has 0 aliphatic heterocycles. The average Bonchev–Trinajstić information content (AvgIpc) is 2.13. The van der Waals surface area contributed by atoms with Gasteiger partial charge in [-0.1, -0.05) is 24.3 Å². The molecule has 70 valence electrons. The Morgan fingerprint density at radius 2 is 2.23 bits per heavy atom. The van der Waals surface area contributed by atoms with Crippen LogP contribution in [0.25, 0.3) is 0 Å². The average molecular weight is 179 g/mol. The topological polar surface area (TPSA) is 12.0 Å². The second-order valence-corrected chi connectivity index (χ2v) is 2.93. The Balaban J connectivity index is 2.71. The Morgan fingerprint density at radius 1 is 1.46 bits per heavy atom. The lowest BCUT2D eigenvalue weighted by Gasteiger charge is -2.04. The van der Waals surface area contributed by atoms with Crippen LogP contribution in [-0.2, 0) is 6.54 Å². The first-order valence-corrected chi connectivity index (χ1v) is 4.34. The SMILES string of the molecule is C/C=C\NCc1cccc(C)c1F. The highest BCUT2D eigenvalue weighted by Crippen LogP contribution is 2.11. The van der Waals surface area contributed by atoms with Gasteiger partial charge in [0, 0.05) is 12.1 Å². The lowest BCUT2D eigenvalue weighted by Crippen LogP contribution is -2.06. The third-order valence-electron chi connectivity index (χ3n) is 1.85. The van der Waals surface area contributed by atoms with E-state index >= 15 is 0 Å². The van der Waals surface area contributed by atoms with Crippen LogP contribution in [0.5, 0.6) is 0 Å². The number of halogens is 1. The van der Waals surface area contributed by atoms with Crippen LogP contribution in [-0.4, -0.2) is 0 Å². The van der Waals surface area contributed by atoms with Crippen LogP contribution in [0.4, 0.5) is 4.39 Å². The molecule has 0 unspecified atom stereocenters. The first kappa shape index (κ1) is 9.78. The van der Waals surface area contributed by atoms with E-state index in [0.717, 1.165) is 0 Å². The maximum absolute atomic E-state index is 13.4. The van der Waals surface area contributed by atoms with Gasteiger partial charge in [0.25, 0.3) is 0 Å². The van der Waals surface area contributed by atoms with Crippen LogP contribution in [0.15, 0.2) is 30.5 Å². The van der Waals surface area contributed by atoms with Crippen molar-refractivity contribution in [2.45, 2.75) is 20.4 Å². The molecule has 0 heterocycles. The molecule has 0 fully saturated rings. The summed E-state index contributed by atoms with van der Waals surface area (Å²) in [6, 6.07) is 5.43. The minimum atomic E-state index is -0.112. The van der Waals surface area contributed by atoms with Crippen LogP contribution >= 0.6 is 0 Å². The van der Waals surface area contributed by atoms with Gasteiger partial charge < -0.3 is 5.32 Å². The predicted molar refractivity (Wildman–Crippen MR) is 52.8 cm³/mol. The van der Waals surface area contributed by atoms with Crippen LogP contribution in [0, 0.1) is 12.7 Å². The molecule has 1 nitrogen and oxygen atoms in total. The largest absolute Gasteiger partial charge is 0.387 e. The van der Waals surface area contributed by atoms with E-state index in [9.17, 15) is 4.39 Å².